The molecule has 2 rings (SSSR count). The number of aromatic nitrogens is 1. The fourth-order valence-electron chi connectivity index (χ4n) is 1.53. The van der Waals surface area contributed by atoms with Gasteiger partial charge < -0.3 is 14.5 Å². The van der Waals surface area contributed by atoms with Gasteiger partial charge in [-0.3, -0.25) is 4.79 Å². The van der Waals surface area contributed by atoms with Crippen LogP contribution >= 0.6 is 0 Å². The number of nitrogens with one attached hydrogen (secondary N) is 1. The lowest BCUT2D eigenvalue weighted by Crippen LogP contribution is -2.24. The van der Waals surface area contributed by atoms with E-state index >= 15 is 0 Å². The summed E-state index contributed by atoms with van der Waals surface area (Å²) in [5.74, 6) is -0.242. The Balaban J connectivity index is 1.88. The summed E-state index contributed by atoms with van der Waals surface area (Å²) in [5.41, 5.74) is 2.62. The third-order valence-corrected chi connectivity index (χ3v) is 2.30. The van der Waals surface area contributed by atoms with Crippen molar-refractivity contribution < 1.29 is 13.9 Å². The van der Waals surface area contributed by atoms with Gasteiger partial charge in [0, 0.05) is 6.54 Å². The molecule has 0 radical (unpaired) electrons. The standard InChI is InChI=1S/C12H14N2O3/c1-2-16-12(15)7-13-6-9-3-4-10-11(5-9)17-8-14-10/h3-5,8,13H,2,6-7H2,1H3. The molecule has 5 nitrogen and oxygen atoms in total. The Kier molecular flexibility index (Phi) is 3.72. The molecule has 1 heterocycles. The second-order valence-electron chi connectivity index (χ2n) is 3.56. The van der Waals surface area contributed by atoms with Gasteiger partial charge in [0.05, 0.1) is 13.2 Å². The molecule has 0 amide bonds. The lowest BCUT2D eigenvalue weighted by molar-refractivity contribution is -0.142. The van der Waals surface area contributed by atoms with Crippen LogP contribution in [0.4, 0.5) is 0 Å². The molecule has 17 heavy (non-hydrogen) atoms. The predicted molar refractivity (Wildman–Crippen MR) is 62.3 cm³/mol. The molecule has 1 N–H and O–H groups in total. The fourth-order valence-corrected chi connectivity index (χ4v) is 1.53. The van der Waals surface area contributed by atoms with E-state index in [0.29, 0.717) is 13.2 Å². The summed E-state index contributed by atoms with van der Waals surface area (Å²) in [7, 11) is 0. The summed E-state index contributed by atoms with van der Waals surface area (Å²) >= 11 is 0. The highest BCUT2D eigenvalue weighted by molar-refractivity contribution is 5.73. The number of hydrogen-bond donors (Lipinski definition) is 1. The fraction of sp³-hybridized carbons (Fsp3) is 0.333. The topological polar surface area (TPSA) is 64.4 Å². The van der Waals surface area contributed by atoms with E-state index in [1.165, 1.54) is 6.39 Å². The van der Waals surface area contributed by atoms with Gasteiger partial charge in [-0.15, -0.1) is 0 Å². The van der Waals surface area contributed by atoms with Crippen LogP contribution in [0.5, 0.6) is 0 Å². The van der Waals surface area contributed by atoms with Gasteiger partial charge in [-0.05, 0) is 24.6 Å². The number of nitrogens with zero attached hydrogens (tertiary/aromatic N) is 1. The van der Waals surface area contributed by atoms with Gasteiger partial charge in [0.25, 0.3) is 0 Å². The van der Waals surface area contributed by atoms with E-state index < -0.39 is 0 Å². The van der Waals surface area contributed by atoms with Crippen LogP contribution < -0.4 is 5.32 Å². The van der Waals surface area contributed by atoms with E-state index in [0.717, 1.165) is 16.7 Å². The first-order valence-electron chi connectivity index (χ1n) is 5.48. The molecule has 0 atom stereocenters. The van der Waals surface area contributed by atoms with Gasteiger partial charge in [0.1, 0.15) is 5.52 Å². The van der Waals surface area contributed by atoms with Crippen LogP contribution in [0.25, 0.3) is 11.1 Å². The SMILES string of the molecule is CCOC(=O)CNCc1ccc2ncoc2c1. The smallest absolute Gasteiger partial charge is 0.319 e. The minimum Gasteiger partial charge on any atom is -0.465 e. The van der Waals surface area contributed by atoms with Crippen molar-refractivity contribution >= 4 is 17.1 Å². The molecule has 0 saturated carbocycles. The predicted octanol–water partition coefficient (Wildman–Crippen LogP) is 1.48. The zero-order valence-electron chi connectivity index (χ0n) is 9.60. The molecule has 0 unspecified atom stereocenters. The summed E-state index contributed by atoms with van der Waals surface area (Å²) in [6, 6.07) is 5.74. The number of rotatable bonds is 5. The van der Waals surface area contributed by atoms with Crippen molar-refractivity contribution in [1.29, 1.82) is 0 Å². The number of fused-ring (bicyclic) bond motifs is 1. The van der Waals surface area contributed by atoms with E-state index in [9.17, 15) is 4.79 Å². The van der Waals surface area contributed by atoms with Crippen molar-refractivity contribution in [3.05, 3.63) is 30.2 Å². The van der Waals surface area contributed by atoms with E-state index in [-0.39, 0.29) is 12.5 Å². The highest BCUT2D eigenvalue weighted by Crippen LogP contribution is 2.13. The Morgan fingerprint density at radius 1 is 1.53 bits per heavy atom. The number of hydrogen-bond acceptors (Lipinski definition) is 5. The molecule has 0 aliphatic carbocycles. The number of oxazole rings is 1. The summed E-state index contributed by atoms with van der Waals surface area (Å²) < 4.78 is 10.0. The molecule has 90 valence electrons. The van der Waals surface area contributed by atoms with Crippen molar-refractivity contribution in [2.45, 2.75) is 13.5 Å². The maximum atomic E-state index is 11.1. The van der Waals surface area contributed by atoms with Gasteiger partial charge in [0.15, 0.2) is 12.0 Å². The number of benzene rings is 1. The van der Waals surface area contributed by atoms with E-state index in [1.54, 1.807) is 6.92 Å². The molecule has 1 aromatic heterocycles. The Labute approximate surface area is 98.8 Å². The highest BCUT2D eigenvalue weighted by Gasteiger charge is 2.02. The van der Waals surface area contributed by atoms with Crippen molar-refractivity contribution in [3.63, 3.8) is 0 Å². The molecule has 0 aliphatic rings. The van der Waals surface area contributed by atoms with E-state index in [1.807, 2.05) is 18.2 Å². The minimum absolute atomic E-state index is 0.211. The average molecular weight is 234 g/mol. The van der Waals surface area contributed by atoms with Crippen LogP contribution in [0.3, 0.4) is 0 Å². The van der Waals surface area contributed by atoms with E-state index in [2.05, 4.69) is 10.3 Å². The molecule has 0 aliphatic heterocycles. The third kappa shape index (κ3) is 3.04. The molecule has 1 aromatic carbocycles. The number of carbonyl (C=O) groups is 1. The quantitative estimate of drug-likeness (QED) is 0.794. The normalized spacial score (nSPS) is 10.6. The van der Waals surface area contributed by atoms with Crippen LogP contribution in [0.2, 0.25) is 0 Å². The van der Waals surface area contributed by atoms with Gasteiger partial charge in [0.2, 0.25) is 0 Å². The van der Waals surface area contributed by atoms with Crippen LogP contribution in [0.15, 0.2) is 29.0 Å². The Morgan fingerprint density at radius 3 is 3.24 bits per heavy atom. The zero-order chi connectivity index (χ0) is 12.1. The van der Waals surface area contributed by atoms with Crippen molar-refractivity contribution in [2.24, 2.45) is 0 Å². The third-order valence-electron chi connectivity index (χ3n) is 2.30. The van der Waals surface area contributed by atoms with Gasteiger partial charge in [-0.2, -0.15) is 0 Å². The van der Waals surface area contributed by atoms with Crippen molar-refractivity contribution in [2.75, 3.05) is 13.2 Å². The molecule has 0 spiro atoms. The van der Waals surface area contributed by atoms with Gasteiger partial charge in [-0.25, -0.2) is 4.98 Å². The summed E-state index contributed by atoms with van der Waals surface area (Å²) in [6.45, 7) is 3.00. The Bertz CT molecular complexity index is 507. The lowest BCUT2D eigenvalue weighted by Gasteiger charge is -2.04. The maximum Gasteiger partial charge on any atom is 0.319 e. The second kappa shape index (κ2) is 5.45. The molecule has 0 bridgehead atoms. The lowest BCUT2D eigenvalue weighted by atomic mass is 10.2. The van der Waals surface area contributed by atoms with Gasteiger partial charge in [-0.1, -0.05) is 6.07 Å². The summed E-state index contributed by atoms with van der Waals surface area (Å²) in [6.07, 6.45) is 1.42. The average Bonchev–Trinajstić information content (AvgIpc) is 2.76. The van der Waals surface area contributed by atoms with E-state index in [4.69, 9.17) is 9.15 Å². The van der Waals surface area contributed by atoms with Crippen molar-refractivity contribution in [3.8, 4) is 0 Å². The Hall–Kier alpha value is -1.88. The number of esters is 1. The van der Waals surface area contributed by atoms with Crippen molar-refractivity contribution in [1.82, 2.24) is 10.3 Å². The van der Waals surface area contributed by atoms with Crippen LogP contribution in [0, 0.1) is 0 Å². The first-order valence-corrected chi connectivity index (χ1v) is 5.48. The number of carbonyl (C=O) groups excluding carboxylic acids is 1. The van der Waals surface area contributed by atoms with Crippen LogP contribution in [-0.4, -0.2) is 24.1 Å². The monoisotopic (exact) mass is 234 g/mol. The van der Waals surface area contributed by atoms with Crippen LogP contribution in [-0.2, 0) is 16.1 Å². The first-order chi connectivity index (χ1) is 8.29. The molecular weight excluding hydrogens is 220 g/mol. The molecule has 2 aromatic rings. The molecule has 0 saturated heterocycles. The largest absolute Gasteiger partial charge is 0.465 e. The maximum absolute atomic E-state index is 11.1. The number of ether oxygens (including phenoxy) is 1. The molecular formula is C12H14N2O3. The molecule has 0 fully saturated rings. The summed E-state index contributed by atoms with van der Waals surface area (Å²) in [4.78, 5) is 15.1. The van der Waals surface area contributed by atoms with Crippen LogP contribution in [0.1, 0.15) is 12.5 Å². The zero-order valence-corrected chi connectivity index (χ0v) is 9.60. The second-order valence-corrected chi connectivity index (χ2v) is 3.56. The Morgan fingerprint density at radius 2 is 2.41 bits per heavy atom. The summed E-state index contributed by atoms with van der Waals surface area (Å²) in [5, 5.41) is 3.01. The highest BCUT2D eigenvalue weighted by atomic mass is 16.5. The first kappa shape index (κ1) is 11.6. The molecule has 5 heteroatoms. The van der Waals surface area contributed by atoms with Gasteiger partial charge >= 0.3 is 5.97 Å². The minimum atomic E-state index is -0.242.